The highest BCUT2D eigenvalue weighted by Crippen LogP contribution is 2.10. The number of nitrogens with one attached hydrogen (secondary N) is 1. The number of nitrogens with zero attached hydrogens (tertiary/aromatic N) is 2. The number of halogens is 1. The smallest absolute Gasteiger partial charge is 0.215 e. The van der Waals surface area contributed by atoms with Gasteiger partial charge in [0.05, 0.1) is 5.69 Å². The van der Waals surface area contributed by atoms with Crippen LogP contribution in [-0.4, -0.2) is 15.7 Å². The van der Waals surface area contributed by atoms with Gasteiger partial charge in [-0.3, -0.25) is 5.41 Å². The van der Waals surface area contributed by atoms with Gasteiger partial charge >= 0.3 is 0 Å². The Balaban J connectivity index is 0.00000162. The summed E-state index contributed by atoms with van der Waals surface area (Å²) in [7, 11) is 0. The van der Waals surface area contributed by atoms with Gasteiger partial charge < -0.3 is 11.5 Å². The van der Waals surface area contributed by atoms with Crippen molar-refractivity contribution in [3.05, 3.63) is 47.7 Å². The molecule has 2 rings (SSSR count). The van der Waals surface area contributed by atoms with Crippen LogP contribution >= 0.6 is 12.4 Å². The zero-order chi connectivity index (χ0) is 12.3. The van der Waals surface area contributed by atoms with Crippen molar-refractivity contribution < 1.29 is 0 Å². The maximum absolute atomic E-state index is 7.26. The molecule has 0 aliphatic carbocycles. The maximum Gasteiger partial charge on any atom is 0.215 e. The minimum atomic E-state index is -0.193. The molecule has 1 heterocycles. The van der Waals surface area contributed by atoms with Crippen LogP contribution < -0.4 is 11.5 Å². The van der Waals surface area contributed by atoms with E-state index < -0.39 is 0 Å². The monoisotopic (exact) mass is 263 g/mol. The molecule has 2 aromatic rings. The van der Waals surface area contributed by atoms with Gasteiger partial charge in [-0.25, -0.2) is 0 Å². The first-order valence-corrected chi connectivity index (χ1v) is 5.10. The molecule has 5 nitrogen and oxygen atoms in total. The molecular weight excluding hydrogens is 250 g/mol. The van der Waals surface area contributed by atoms with Crippen LogP contribution in [0.15, 0.2) is 36.4 Å². The van der Waals surface area contributed by atoms with Gasteiger partial charge in [0.25, 0.3) is 0 Å². The van der Waals surface area contributed by atoms with E-state index in [0.717, 1.165) is 5.56 Å². The van der Waals surface area contributed by atoms with Crippen LogP contribution in [0.4, 0.5) is 5.82 Å². The Kier molecular flexibility index (Phi) is 4.51. The van der Waals surface area contributed by atoms with E-state index in [-0.39, 0.29) is 18.4 Å². The highest BCUT2D eigenvalue weighted by atomic mass is 35.5. The van der Waals surface area contributed by atoms with Crippen LogP contribution in [0.2, 0.25) is 0 Å². The summed E-state index contributed by atoms with van der Waals surface area (Å²) in [6.45, 7) is 0. The first-order chi connectivity index (χ1) is 8.16. The highest BCUT2D eigenvalue weighted by molar-refractivity contribution is 5.85. The van der Waals surface area contributed by atoms with Gasteiger partial charge in [-0.15, -0.1) is 12.4 Å². The zero-order valence-corrected chi connectivity index (χ0v) is 10.4. The van der Waals surface area contributed by atoms with Crippen molar-refractivity contribution in [2.24, 2.45) is 5.73 Å². The summed E-state index contributed by atoms with van der Waals surface area (Å²) in [4.78, 5) is 0. The number of rotatable bonds is 2. The standard InChI is InChI=1S/C12H13N5.ClH/c13-11-8-10(16-17(11)12(14)15)7-6-9-4-2-1-3-5-9;/h1-8H,13H2,(H3,14,15);1H/b7-6+;. The molecule has 6 heteroatoms. The van der Waals surface area contributed by atoms with Crippen molar-refractivity contribution in [2.45, 2.75) is 0 Å². The first kappa shape index (κ1) is 13.8. The van der Waals surface area contributed by atoms with Crippen LogP contribution in [0, 0.1) is 5.41 Å². The lowest BCUT2D eigenvalue weighted by Crippen LogP contribution is -2.23. The molecule has 0 fully saturated rings. The van der Waals surface area contributed by atoms with E-state index in [1.54, 1.807) is 6.07 Å². The molecule has 0 bridgehead atoms. The molecule has 0 saturated heterocycles. The van der Waals surface area contributed by atoms with Crippen molar-refractivity contribution in [1.82, 2.24) is 9.78 Å². The Morgan fingerprint density at radius 3 is 2.44 bits per heavy atom. The fourth-order valence-electron chi connectivity index (χ4n) is 1.43. The molecule has 0 spiro atoms. The van der Waals surface area contributed by atoms with Crippen LogP contribution in [0.3, 0.4) is 0 Å². The summed E-state index contributed by atoms with van der Waals surface area (Å²) >= 11 is 0. The number of aromatic nitrogens is 2. The SMILES string of the molecule is Cl.N=C(N)n1nc(/C=C/c2ccccc2)cc1N. The summed E-state index contributed by atoms with van der Waals surface area (Å²) in [5, 5.41) is 11.3. The van der Waals surface area contributed by atoms with Crippen LogP contribution in [0.5, 0.6) is 0 Å². The molecule has 0 amide bonds. The summed E-state index contributed by atoms with van der Waals surface area (Å²) in [5.74, 6) is 0.159. The highest BCUT2D eigenvalue weighted by Gasteiger charge is 2.03. The predicted octanol–water partition coefficient (Wildman–Crippen LogP) is 1.80. The van der Waals surface area contributed by atoms with Crippen LogP contribution in [-0.2, 0) is 0 Å². The summed E-state index contributed by atoms with van der Waals surface area (Å²) in [6, 6.07) is 11.5. The first-order valence-electron chi connectivity index (χ1n) is 5.10. The molecule has 0 radical (unpaired) electrons. The molecular formula is C12H14ClN5. The largest absolute Gasteiger partial charge is 0.383 e. The quantitative estimate of drug-likeness (QED) is 0.570. The molecule has 0 saturated carbocycles. The van der Waals surface area contributed by atoms with Gasteiger partial charge in [-0.1, -0.05) is 36.4 Å². The van der Waals surface area contributed by atoms with Crippen molar-refractivity contribution >= 4 is 36.3 Å². The number of hydrogen-bond donors (Lipinski definition) is 3. The van der Waals surface area contributed by atoms with Gasteiger partial charge in [0.2, 0.25) is 5.96 Å². The van der Waals surface area contributed by atoms with Gasteiger partial charge in [-0.2, -0.15) is 9.78 Å². The van der Waals surface area contributed by atoms with E-state index >= 15 is 0 Å². The lowest BCUT2D eigenvalue weighted by molar-refractivity contribution is 0.916. The third-order valence-electron chi connectivity index (χ3n) is 2.23. The third-order valence-corrected chi connectivity index (χ3v) is 2.23. The summed E-state index contributed by atoms with van der Waals surface area (Å²) in [5.41, 5.74) is 12.7. The Bertz CT molecular complexity index is 559. The van der Waals surface area contributed by atoms with E-state index in [0.29, 0.717) is 11.5 Å². The molecule has 0 atom stereocenters. The van der Waals surface area contributed by atoms with Crippen molar-refractivity contribution in [3.8, 4) is 0 Å². The van der Waals surface area contributed by atoms with Gasteiger partial charge in [0.15, 0.2) is 0 Å². The minimum Gasteiger partial charge on any atom is -0.383 e. The topological polar surface area (TPSA) is 93.7 Å². The molecule has 0 aliphatic rings. The Morgan fingerprint density at radius 1 is 1.22 bits per heavy atom. The molecule has 94 valence electrons. The van der Waals surface area contributed by atoms with Crippen molar-refractivity contribution in [1.29, 1.82) is 5.41 Å². The Morgan fingerprint density at radius 2 is 1.89 bits per heavy atom. The number of anilines is 1. The molecule has 18 heavy (non-hydrogen) atoms. The zero-order valence-electron chi connectivity index (χ0n) is 9.58. The maximum atomic E-state index is 7.26. The van der Waals surface area contributed by atoms with Crippen molar-refractivity contribution in [3.63, 3.8) is 0 Å². The molecule has 5 N–H and O–H groups in total. The van der Waals surface area contributed by atoms with E-state index in [9.17, 15) is 0 Å². The van der Waals surface area contributed by atoms with Gasteiger partial charge in [-0.05, 0) is 11.6 Å². The lowest BCUT2D eigenvalue weighted by atomic mass is 10.2. The van der Waals surface area contributed by atoms with Crippen LogP contribution in [0.25, 0.3) is 12.2 Å². The number of nitrogens with two attached hydrogens (primary N) is 2. The van der Waals surface area contributed by atoms with E-state index in [1.165, 1.54) is 4.68 Å². The van der Waals surface area contributed by atoms with Gasteiger partial charge in [0.1, 0.15) is 5.82 Å². The Labute approximate surface area is 111 Å². The second-order valence-corrected chi connectivity index (χ2v) is 3.54. The van der Waals surface area contributed by atoms with Gasteiger partial charge in [0, 0.05) is 6.07 Å². The number of benzene rings is 1. The second kappa shape index (κ2) is 5.88. The molecule has 0 unspecified atom stereocenters. The summed E-state index contributed by atoms with van der Waals surface area (Å²) in [6.07, 6.45) is 3.75. The average Bonchev–Trinajstić information content (AvgIpc) is 2.69. The van der Waals surface area contributed by atoms with E-state index in [1.807, 2.05) is 42.5 Å². The van der Waals surface area contributed by atoms with Crippen LogP contribution in [0.1, 0.15) is 11.3 Å². The second-order valence-electron chi connectivity index (χ2n) is 3.54. The fraction of sp³-hybridized carbons (Fsp3) is 0. The average molecular weight is 264 g/mol. The number of nitrogen functional groups attached to an aromatic ring is 2. The minimum absolute atomic E-state index is 0. The molecule has 1 aromatic heterocycles. The molecule has 1 aromatic carbocycles. The predicted molar refractivity (Wildman–Crippen MR) is 76.6 cm³/mol. The van der Waals surface area contributed by atoms with Crippen molar-refractivity contribution in [2.75, 3.05) is 5.73 Å². The third kappa shape index (κ3) is 3.11. The lowest BCUT2D eigenvalue weighted by Gasteiger charge is -1.97. The fourth-order valence-corrected chi connectivity index (χ4v) is 1.43. The van der Waals surface area contributed by atoms with E-state index in [4.69, 9.17) is 16.9 Å². The van der Waals surface area contributed by atoms with E-state index in [2.05, 4.69) is 5.10 Å². The summed E-state index contributed by atoms with van der Waals surface area (Å²) < 4.78 is 1.19. The number of hydrogen-bond acceptors (Lipinski definition) is 3. The molecule has 0 aliphatic heterocycles. The Hall–Kier alpha value is -2.27. The normalized spacial score (nSPS) is 10.2.